The summed E-state index contributed by atoms with van der Waals surface area (Å²) in [4.78, 5) is 0. The first-order valence-electron chi connectivity index (χ1n) is 6.79. The van der Waals surface area contributed by atoms with E-state index >= 15 is 0 Å². The SMILES string of the molecule is C[CH2][Ge]([c]1ccccc1)[c]1cccc2ccccc12. The predicted molar refractivity (Wildman–Crippen MR) is 85.9 cm³/mol. The van der Waals surface area contributed by atoms with E-state index < -0.39 is 14.3 Å². The minimum atomic E-state index is -1.39. The molecule has 0 nitrogen and oxygen atoms in total. The Morgan fingerprint density at radius 2 is 1.42 bits per heavy atom. The molecule has 19 heavy (non-hydrogen) atoms. The Hall–Kier alpha value is -1.54. The van der Waals surface area contributed by atoms with E-state index in [0.29, 0.717) is 0 Å². The van der Waals surface area contributed by atoms with Gasteiger partial charge in [-0.2, -0.15) is 0 Å². The van der Waals surface area contributed by atoms with Crippen molar-refractivity contribution in [2.24, 2.45) is 0 Å². The zero-order valence-electron chi connectivity index (χ0n) is 11.1. The molecular weight excluding hydrogens is 289 g/mol. The third-order valence-corrected chi connectivity index (χ3v) is 9.51. The molecule has 0 unspecified atom stereocenters. The van der Waals surface area contributed by atoms with E-state index in [2.05, 4.69) is 79.7 Å². The summed E-state index contributed by atoms with van der Waals surface area (Å²) in [7, 11) is 0. The van der Waals surface area contributed by atoms with E-state index in [-0.39, 0.29) is 0 Å². The van der Waals surface area contributed by atoms with Crippen LogP contribution >= 0.6 is 0 Å². The second kappa shape index (κ2) is 5.62. The first-order chi connectivity index (χ1) is 9.40. The number of hydrogen-bond acceptors (Lipinski definition) is 0. The molecule has 0 spiro atoms. The van der Waals surface area contributed by atoms with E-state index in [4.69, 9.17) is 0 Å². The third kappa shape index (κ3) is 2.45. The van der Waals surface area contributed by atoms with E-state index in [9.17, 15) is 0 Å². The van der Waals surface area contributed by atoms with Gasteiger partial charge in [-0.3, -0.25) is 0 Å². The van der Waals surface area contributed by atoms with Gasteiger partial charge in [-0.25, -0.2) is 0 Å². The van der Waals surface area contributed by atoms with Gasteiger partial charge in [-0.15, -0.1) is 0 Å². The van der Waals surface area contributed by atoms with Gasteiger partial charge in [0.25, 0.3) is 0 Å². The number of benzene rings is 3. The Kier molecular flexibility index (Phi) is 3.70. The third-order valence-electron chi connectivity index (χ3n) is 3.59. The molecule has 0 aliphatic rings. The standard InChI is InChI=1S/C18H17Ge/c1-2-19(16-11-4-3-5-12-16)18-14-8-10-15-9-6-7-13-17(15)18/h3-14H,2H2,1H3. The van der Waals surface area contributed by atoms with E-state index in [1.165, 1.54) is 16.0 Å². The molecule has 0 fully saturated rings. The molecule has 0 amide bonds. The molecule has 0 N–H and O–H groups in total. The van der Waals surface area contributed by atoms with Crippen LogP contribution in [0.1, 0.15) is 6.92 Å². The summed E-state index contributed by atoms with van der Waals surface area (Å²) >= 11 is -1.39. The van der Waals surface area contributed by atoms with Crippen molar-refractivity contribution in [3.05, 3.63) is 72.8 Å². The Labute approximate surface area is 119 Å². The first-order valence-corrected chi connectivity index (χ1v) is 10.4. The quantitative estimate of drug-likeness (QED) is 0.650. The number of hydrogen-bond donors (Lipinski definition) is 0. The van der Waals surface area contributed by atoms with Crippen molar-refractivity contribution in [1.82, 2.24) is 0 Å². The topological polar surface area (TPSA) is 0 Å². The van der Waals surface area contributed by atoms with Gasteiger partial charge in [-0.1, -0.05) is 0 Å². The van der Waals surface area contributed by atoms with Crippen LogP contribution in [-0.4, -0.2) is 14.3 Å². The van der Waals surface area contributed by atoms with Crippen molar-refractivity contribution < 1.29 is 0 Å². The summed E-state index contributed by atoms with van der Waals surface area (Å²) in [6.45, 7) is 2.34. The molecule has 93 valence electrons. The molecule has 3 aromatic rings. The maximum atomic E-state index is 2.34. The second-order valence-corrected chi connectivity index (χ2v) is 10.6. The average molecular weight is 306 g/mol. The Balaban J connectivity index is 2.17. The van der Waals surface area contributed by atoms with Crippen molar-refractivity contribution >= 4 is 33.9 Å². The van der Waals surface area contributed by atoms with Crippen LogP contribution in [0.3, 0.4) is 0 Å². The summed E-state index contributed by atoms with van der Waals surface area (Å²) < 4.78 is 3.17. The van der Waals surface area contributed by atoms with E-state index in [1.54, 1.807) is 8.79 Å². The van der Waals surface area contributed by atoms with Gasteiger partial charge >= 0.3 is 119 Å². The summed E-state index contributed by atoms with van der Waals surface area (Å²) in [5, 5.41) is 4.11. The summed E-state index contributed by atoms with van der Waals surface area (Å²) in [6, 6.07) is 26.6. The van der Waals surface area contributed by atoms with Gasteiger partial charge in [0.05, 0.1) is 0 Å². The first kappa shape index (κ1) is 12.5. The Morgan fingerprint density at radius 3 is 2.21 bits per heavy atom. The van der Waals surface area contributed by atoms with Gasteiger partial charge in [0, 0.05) is 0 Å². The van der Waals surface area contributed by atoms with Crippen LogP contribution in [0, 0.1) is 0 Å². The maximum absolute atomic E-state index is 2.34. The van der Waals surface area contributed by atoms with Crippen molar-refractivity contribution in [3.8, 4) is 0 Å². The van der Waals surface area contributed by atoms with Gasteiger partial charge in [-0.05, 0) is 0 Å². The summed E-state index contributed by atoms with van der Waals surface area (Å²) in [6.07, 6.45) is 0. The molecule has 0 saturated carbocycles. The minimum absolute atomic E-state index is 1.29. The number of rotatable bonds is 3. The van der Waals surface area contributed by atoms with Crippen LogP contribution in [0.15, 0.2) is 72.8 Å². The fourth-order valence-corrected chi connectivity index (χ4v) is 8.02. The van der Waals surface area contributed by atoms with Gasteiger partial charge in [0.15, 0.2) is 0 Å². The molecule has 0 atom stereocenters. The molecule has 1 heteroatoms. The molecule has 0 aliphatic heterocycles. The Bertz CT molecular complexity index is 668. The monoisotopic (exact) mass is 307 g/mol. The summed E-state index contributed by atoms with van der Waals surface area (Å²) in [5.41, 5.74) is 0. The molecule has 0 aromatic heterocycles. The van der Waals surface area contributed by atoms with Gasteiger partial charge in [0.1, 0.15) is 0 Å². The zero-order valence-corrected chi connectivity index (χ0v) is 13.2. The predicted octanol–water partition coefficient (Wildman–Crippen LogP) is 3.47. The van der Waals surface area contributed by atoms with E-state index in [1.807, 2.05) is 0 Å². The average Bonchev–Trinajstić information content (AvgIpc) is 2.49. The molecule has 0 bridgehead atoms. The molecule has 0 aliphatic carbocycles. The van der Waals surface area contributed by atoms with Crippen LogP contribution in [0.2, 0.25) is 5.25 Å². The van der Waals surface area contributed by atoms with E-state index in [0.717, 1.165) is 0 Å². The normalized spacial score (nSPS) is 11.1. The fraction of sp³-hybridized carbons (Fsp3) is 0.111. The van der Waals surface area contributed by atoms with Crippen molar-refractivity contribution in [3.63, 3.8) is 0 Å². The molecule has 3 rings (SSSR count). The number of fused-ring (bicyclic) bond motifs is 1. The Morgan fingerprint density at radius 1 is 0.737 bits per heavy atom. The molecular formula is C18H17Ge. The fourth-order valence-electron chi connectivity index (χ4n) is 2.68. The molecule has 0 heterocycles. The van der Waals surface area contributed by atoms with Crippen LogP contribution in [-0.2, 0) is 0 Å². The van der Waals surface area contributed by atoms with Crippen LogP contribution < -0.4 is 8.79 Å². The molecule has 3 aromatic carbocycles. The van der Waals surface area contributed by atoms with Crippen molar-refractivity contribution in [2.45, 2.75) is 12.2 Å². The van der Waals surface area contributed by atoms with Crippen LogP contribution in [0.5, 0.6) is 0 Å². The second-order valence-electron chi connectivity index (χ2n) is 4.72. The molecule has 1 radical (unpaired) electrons. The van der Waals surface area contributed by atoms with Gasteiger partial charge < -0.3 is 0 Å². The van der Waals surface area contributed by atoms with Crippen molar-refractivity contribution in [1.29, 1.82) is 0 Å². The van der Waals surface area contributed by atoms with Crippen molar-refractivity contribution in [2.75, 3.05) is 0 Å². The molecule has 0 saturated heterocycles. The summed E-state index contributed by atoms with van der Waals surface area (Å²) in [5.74, 6) is 0. The van der Waals surface area contributed by atoms with Crippen LogP contribution in [0.4, 0.5) is 0 Å². The zero-order chi connectivity index (χ0) is 13.1. The van der Waals surface area contributed by atoms with Gasteiger partial charge in [0.2, 0.25) is 0 Å². The van der Waals surface area contributed by atoms with Crippen LogP contribution in [0.25, 0.3) is 10.8 Å².